The summed E-state index contributed by atoms with van der Waals surface area (Å²) in [6.45, 7) is 0.361. The molecule has 0 aliphatic heterocycles. The lowest BCUT2D eigenvalue weighted by Gasteiger charge is -2.01. The van der Waals surface area contributed by atoms with Crippen LogP contribution >= 0.6 is 11.5 Å². The van der Waals surface area contributed by atoms with E-state index in [0.717, 1.165) is 5.56 Å². The van der Waals surface area contributed by atoms with E-state index in [0.29, 0.717) is 18.1 Å². The number of aromatic nitrogens is 3. The fourth-order valence-electron chi connectivity index (χ4n) is 1.09. The molecular weight excluding hydrogens is 253 g/mol. The van der Waals surface area contributed by atoms with Crippen LogP contribution in [0, 0.1) is 0 Å². The largest absolute Gasteiger partial charge is 0.452 e. The lowest BCUT2D eigenvalue weighted by atomic mass is 10.3. The fourth-order valence-corrected chi connectivity index (χ4v) is 1.67. The van der Waals surface area contributed by atoms with Gasteiger partial charge in [0.25, 0.3) is 0 Å². The molecule has 0 bridgehead atoms. The van der Waals surface area contributed by atoms with Gasteiger partial charge in [-0.2, -0.15) is 22.5 Å². The Morgan fingerprint density at radius 2 is 2.18 bits per heavy atom. The van der Waals surface area contributed by atoms with Crippen LogP contribution < -0.4 is 5.32 Å². The predicted molar refractivity (Wildman–Crippen MR) is 56.5 cm³/mol. The van der Waals surface area contributed by atoms with Crippen molar-refractivity contribution in [1.29, 1.82) is 0 Å². The molecule has 4 nitrogen and oxygen atoms in total. The van der Waals surface area contributed by atoms with Crippen LogP contribution in [-0.4, -0.2) is 14.3 Å². The van der Waals surface area contributed by atoms with Gasteiger partial charge in [0.1, 0.15) is 0 Å². The Morgan fingerprint density at radius 3 is 2.76 bits per heavy atom. The predicted octanol–water partition coefficient (Wildman–Crippen LogP) is 2.56. The molecule has 17 heavy (non-hydrogen) atoms. The number of rotatable bonds is 3. The van der Waals surface area contributed by atoms with E-state index in [1.807, 2.05) is 6.07 Å². The van der Waals surface area contributed by atoms with Gasteiger partial charge in [0.15, 0.2) is 0 Å². The molecule has 0 fully saturated rings. The van der Waals surface area contributed by atoms with Crippen LogP contribution in [0.4, 0.5) is 18.3 Å². The number of nitrogens with zero attached hydrogens (tertiary/aromatic N) is 3. The maximum absolute atomic E-state index is 12.2. The summed E-state index contributed by atoms with van der Waals surface area (Å²) in [6.07, 6.45) is -1.25. The summed E-state index contributed by atoms with van der Waals surface area (Å²) < 4.78 is 39.9. The maximum atomic E-state index is 12.2. The number of pyridine rings is 1. The van der Waals surface area contributed by atoms with Crippen LogP contribution in [0.25, 0.3) is 0 Å². The highest BCUT2D eigenvalue weighted by Gasteiger charge is 2.36. The maximum Gasteiger partial charge on any atom is 0.452 e. The lowest BCUT2D eigenvalue weighted by molar-refractivity contribution is -0.144. The Kier molecular flexibility index (Phi) is 3.23. The Hall–Kier alpha value is -1.70. The van der Waals surface area contributed by atoms with E-state index in [-0.39, 0.29) is 5.13 Å². The molecule has 0 amide bonds. The summed E-state index contributed by atoms with van der Waals surface area (Å²) in [7, 11) is 0. The minimum atomic E-state index is -4.50. The summed E-state index contributed by atoms with van der Waals surface area (Å²) >= 11 is 0.683. The van der Waals surface area contributed by atoms with Gasteiger partial charge in [-0.15, -0.1) is 0 Å². The molecule has 0 aromatic carbocycles. The van der Waals surface area contributed by atoms with Gasteiger partial charge < -0.3 is 5.32 Å². The molecule has 2 aromatic heterocycles. The standard InChI is InChI=1S/C9H7F3N4S/c10-9(11,12)7-15-8(17-16-7)14-5-6-2-1-3-13-4-6/h1-4H,5H2,(H,14,15,16). The Morgan fingerprint density at radius 1 is 1.35 bits per heavy atom. The number of halogens is 3. The summed E-state index contributed by atoms with van der Waals surface area (Å²) in [4.78, 5) is 7.24. The summed E-state index contributed by atoms with van der Waals surface area (Å²) in [6, 6.07) is 3.56. The van der Waals surface area contributed by atoms with E-state index in [2.05, 4.69) is 19.7 Å². The first-order valence-corrected chi connectivity index (χ1v) is 5.37. The first-order chi connectivity index (χ1) is 8.05. The van der Waals surface area contributed by atoms with Gasteiger partial charge in [-0.3, -0.25) is 4.98 Å². The molecule has 8 heteroatoms. The van der Waals surface area contributed by atoms with Crippen molar-refractivity contribution in [1.82, 2.24) is 14.3 Å². The number of anilines is 1. The Bertz CT molecular complexity index is 482. The third kappa shape index (κ3) is 3.13. The summed E-state index contributed by atoms with van der Waals surface area (Å²) in [5.41, 5.74) is 0.858. The van der Waals surface area contributed by atoms with Gasteiger partial charge in [0.2, 0.25) is 11.0 Å². The zero-order valence-corrected chi connectivity index (χ0v) is 9.22. The van der Waals surface area contributed by atoms with Crippen molar-refractivity contribution in [3.8, 4) is 0 Å². The number of hydrogen-bond acceptors (Lipinski definition) is 5. The summed E-state index contributed by atoms with van der Waals surface area (Å²) in [5.74, 6) is -1.11. The number of alkyl halides is 3. The van der Waals surface area contributed by atoms with Gasteiger partial charge in [-0.05, 0) is 11.6 Å². The first-order valence-electron chi connectivity index (χ1n) is 4.59. The van der Waals surface area contributed by atoms with Crippen molar-refractivity contribution >= 4 is 16.7 Å². The van der Waals surface area contributed by atoms with Crippen molar-refractivity contribution in [2.45, 2.75) is 12.7 Å². The highest BCUT2D eigenvalue weighted by atomic mass is 32.1. The second kappa shape index (κ2) is 4.66. The van der Waals surface area contributed by atoms with Crippen LogP contribution in [0.1, 0.15) is 11.4 Å². The highest BCUT2D eigenvalue weighted by molar-refractivity contribution is 7.09. The second-order valence-electron chi connectivity index (χ2n) is 3.14. The van der Waals surface area contributed by atoms with Crippen molar-refractivity contribution in [3.05, 3.63) is 35.9 Å². The molecule has 0 aliphatic carbocycles. The average Bonchev–Trinajstić information content (AvgIpc) is 2.76. The number of hydrogen-bond donors (Lipinski definition) is 1. The van der Waals surface area contributed by atoms with Crippen LogP contribution in [0.15, 0.2) is 24.5 Å². The molecule has 2 rings (SSSR count). The summed E-state index contributed by atoms with van der Waals surface area (Å²) in [5, 5.41) is 2.90. The zero-order valence-electron chi connectivity index (χ0n) is 8.40. The molecular formula is C9H7F3N4S. The van der Waals surface area contributed by atoms with E-state index in [1.165, 1.54) is 0 Å². The van der Waals surface area contributed by atoms with Crippen LogP contribution in [-0.2, 0) is 12.7 Å². The zero-order chi connectivity index (χ0) is 12.3. The Balaban J connectivity index is 1.99. The van der Waals surface area contributed by atoms with E-state index in [1.54, 1.807) is 18.5 Å². The molecule has 0 saturated carbocycles. The molecule has 0 radical (unpaired) electrons. The van der Waals surface area contributed by atoms with E-state index in [9.17, 15) is 13.2 Å². The topological polar surface area (TPSA) is 50.7 Å². The van der Waals surface area contributed by atoms with Crippen LogP contribution in [0.2, 0.25) is 0 Å². The van der Waals surface area contributed by atoms with Crippen molar-refractivity contribution in [3.63, 3.8) is 0 Å². The number of nitrogens with one attached hydrogen (secondary N) is 1. The average molecular weight is 260 g/mol. The molecule has 2 aromatic rings. The van der Waals surface area contributed by atoms with Crippen molar-refractivity contribution in [2.75, 3.05) is 5.32 Å². The Labute approximate surface area is 98.7 Å². The molecule has 1 N–H and O–H groups in total. The lowest BCUT2D eigenvalue weighted by Crippen LogP contribution is -2.07. The second-order valence-corrected chi connectivity index (χ2v) is 3.89. The molecule has 0 aliphatic rings. The normalized spacial score (nSPS) is 11.5. The van der Waals surface area contributed by atoms with Gasteiger partial charge in [0, 0.05) is 30.5 Å². The van der Waals surface area contributed by atoms with Crippen molar-refractivity contribution in [2.24, 2.45) is 0 Å². The van der Waals surface area contributed by atoms with Crippen molar-refractivity contribution < 1.29 is 13.2 Å². The molecule has 0 spiro atoms. The van der Waals surface area contributed by atoms with Crippen LogP contribution in [0.3, 0.4) is 0 Å². The van der Waals surface area contributed by atoms with Gasteiger partial charge >= 0.3 is 6.18 Å². The molecule has 90 valence electrons. The van der Waals surface area contributed by atoms with Gasteiger partial charge in [-0.1, -0.05) is 6.07 Å². The SMILES string of the molecule is FC(F)(F)c1nsc(NCc2cccnc2)n1. The first kappa shape index (κ1) is 11.8. The quantitative estimate of drug-likeness (QED) is 0.921. The van der Waals surface area contributed by atoms with Crippen LogP contribution in [0.5, 0.6) is 0 Å². The fraction of sp³-hybridized carbons (Fsp3) is 0.222. The highest BCUT2D eigenvalue weighted by Crippen LogP contribution is 2.28. The third-order valence-corrected chi connectivity index (χ3v) is 2.52. The van der Waals surface area contributed by atoms with E-state index in [4.69, 9.17) is 0 Å². The smallest absolute Gasteiger partial charge is 0.356 e. The third-order valence-electron chi connectivity index (χ3n) is 1.85. The van der Waals surface area contributed by atoms with Gasteiger partial charge in [-0.25, -0.2) is 0 Å². The van der Waals surface area contributed by atoms with E-state index >= 15 is 0 Å². The molecule has 0 unspecified atom stereocenters. The molecule has 0 saturated heterocycles. The minimum absolute atomic E-state index is 0.140. The monoisotopic (exact) mass is 260 g/mol. The molecule has 2 heterocycles. The molecule has 0 atom stereocenters. The van der Waals surface area contributed by atoms with Gasteiger partial charge in [0.05, 0.1) is 0 Å². The minimum Gasteiger partial charge on any atom is -0.356 e. The van der Waals surface area contributed by atoms with E-state index < -0.39 is 12.0 Å².